The van der Waals surface area contributed by atoms with Crippen molar-refractivity contribution in [1.82, 2.24) is 4.90 Å². The quantitative estimate of drug-likeness (QED) is 0.702. The molecule has 0 aliphatic heterocycles. The van der Waals surface area contributed by atoms with Gasteiger partial charge < -0.3 is 9.64 Å². The molecule has 0 amide bonds. The van der Waals surface area contributed by atoms with Crippen molar-refractivity contribution in [2.75, 3.05) is 20.7 Å². The lowest BCUT2D eigenvalue weighted by Gasteiger charge is -2.29. The Hall–Kier alpha value is -1.30. The number of benzene rings is 1. The van der Waals surface area contributed by atoms with Gasteiger partial charge in [-0.1, -0.05) is 36.3 Å². The Balaban J connectivity index is 2.84. The Morgan fingerprint density at radius 1 is 1.31 bits per heavy atom. The van der Waals surface area contributed by atoms with Crippen LogP contribution < -0.4 is 0 Å². The van der Waals surface area contributed by atoms with Crippen molar-refractivity contribution in [2.24, 2.45) is 0 Å². The van der Waals surface area contributed by atoms with Gasteiger partial charge in [0.25, 0.3) is 0 Å². The second-order valence-electron chi connectivity index (χ2n) is 4.05. The number of hydrogen-bond acceptors (Lipinski definition) is 2. The van der Waals surface area contributed by atoms with Crippen LogP contribution in [0, 0.1) is 12.3 Å². The van der Waals surface area contributed by atoms with E-state index in [4.69, 9.17) is 11.2 Å². The summed E-state index contributed by atoms with van der Waals surface area (Å²) in [5, 5.41) is 0. The molecule has 86 valence electrons. The van der Waals surface area contributed by atoms with Gasteiger partial charge in [0.05, 0.1) is 6.10 Å². The predicted molar refractivity (Wildman–Crippen MR) is 67.1 cm³/mol. The lowest BCUT2D eigenvalue weighted by Crippen LogP contribution is -2.32. The molecule has 0 N–H and O–H groups in total. The van der Waals surface area contributed by atoms with Crippen molar-refractivity contribution in [1.29, 1.82) is 0 Å². The third kappa shape index (κ3) is 3.37. The Morgan fingerprint density at radius 3 is 2.44 bits per heavy atom. The van der Waals surface area contributed by atoms with Gasteiger partial charge in [0, 0.05) is 6.04 Å². The van der Waals surface area contributed by atoms with E-state index < -0.39 is 0 Å². The molecule has 0 saturated carbocycles. The summed E-state index contributed by atoms with van der Waals surface area (Å²) < 4.78 is 5.72. The zero-order valence-electron chi connectivity index (χ0n) is 10.2. The number of ether oxygens (including phenoxy) is 1. The minimum absolute atomic E-state index is 0.0206. The summed E-state index contributed by atoms with van der Waals surface area (Å²) in [6, 6.07) is 10.5. The normalized spacial score (nSPS) is 14.4. The highest BCUT2D eigenvalue weighted by molar-refractivity contribution is 5.19. The molecular weight excluding hydrogens is 198 g/mol. The van der Waals surface area contributed by atoms with Crippen molar-refractivity contribution in [3.05, 3.63) is 35.9 Å². The van der Waals surface area contributed by atoms with Crippen LogP contribution in [0.15, 0.2) is 30.3 Å². The van der Waals surface area contributed by atoms with Gasteiger partial charge in [0.15, 0.2) is 0 Å². The van der Waals surface area contributed by atoms with E-state index in [1.54, 1.807) is 0 Å². The maximum atomic E-state index is 5.72. The summed E-state index contributed by atoms with van der Waals surface area (Å²) >= 11 is 0. The van der Waals surface area contributed by atoms with E-state index in [2.05, 4.69) is 29.9 Å². The lowest BCUT2D eigenvalue weighted by molar-refractivity contribution is 0.0208. The van der Waals surface area contributed by atoms with E-state index in [0.717, 1.165) is 0 Å². The molecule has 1 aromatic carbocycles. The number of rotatable bonds is 5. The van der Waals surface area contributed by atoms with Crippen molar-refractivity contribution in [3.8, 4) is 12.3 Å². The van der Waals surface area contributed by atoms with Crippen LogP contribution in [0.5, 0.6) is 0 Å². The van der Waals surface area contributed by atoms with Crippen LogP contribution in [-0.4, -0.2) is 31.6 Å². The van der Waals surface area contributed by atoms with Gasteiger partial charge in [-0.3, -0.25) is 0 Å². The molecule has 0 fully saturated rings. The molecule has 2 atom stereocenters. The van der Waals surface area contributed by atoms with Gasteiger partial charge in [-0.15, -0.1) is 6.42 Å². The number of nitrogens with zero attached hydrogens (tertiary/aromatic N) is 1. The first-order valence-electron chi connectivity index (χ1n) is 5.43. The Morgan fingerprint density at radius 2 is 1.94 bits per heavy atom. The van der Waals surface area contributed by atoms with E-state index in [1.807, 2.05) is 32.3 Å². The fourth-order valence-corrected chi connectivity index (χ4v) is 1.57. The summed E-state index contributed by atoms with van der Waals surface area (Å²) in [6.07, 6.45) is 5.26. The molecule has 0 radical (unpaired) electrons. The first kappa shape index (κ1) is 12.8. The summed E-state index contributed by atoms with van der Waals surface area (Å²) in [4.78, 5) is 2.13. The average molecular weight is 217 g/mol. The third-order valence-electron chi connectivity index (χ3n) is 2.73. The first-order valence-corrected chi connectivity index (χ1v) is 5.43. The number of terminal acetylenes is 1. The molecule has 2 nitrogen and oxygen atoms in total. The monoisotopic (exact) mass is 217 g/mol. The topological polar surface area (TPSA) is 12.5 Å². The van der Waals surface area contributed by atoms with Crippen LogP contribution in [-0.2, 0) is 4.74 Å². The van der Waals surface area contributed by atoms with Crippen LogP contribution in [0.1, 0.15) is 18.6 Å². The predicted octanol–water partition coefficient (Wildman–Crippen LogP) is 2.33. The van der Waals surface area contributed by atoms with Gasteiger partial charge in [0.1, 0.15) is 6.61 Å². The molecule has 0 aliphatic carbocycles. The second kappa shape index (κ2) is 6.32. The number of hydrogen-bond donors (Lipinski definition) is 0. The zero-order chi connectivity index (χ0) is 12.0. The van der Waals surface area contributed by atoms with Crippen LogP contribution in [0.4, 0.5) is 0 Å². The Labute approximate surface area is 98.2 Å². The number of likely N-dealkylation sites (N-methyl/N-ethyl adjacent to an activating group) is 1. The molecule has 2 heteroatoms. The fourth-order valence-electron chi connectivity index (χ4n) is 1.57. The zero-order valence-corrected chi connectivity index (χ0v) is 10.2. The maximum Gasteiger partial charge on any atom is 0.108 e. The van der Waals surface area contributed by atoms with Crippen molar-refractivity contribution < 1.29 is 4.74 Å². The molecule has 0 saturated heterocycles. The molecule has 0 spiro atoms. The highest BCUT2D eigenvalue weighted by atomic mass is 16.5. The van der Waals surface area contributed by atoms with E-state index in [-0.39, 0.29) is 12.1 Å². The molecular formula is C14H19NO. The van der Waals surface area contributed by atoms with Gasteiger partial charge in [0.2, 0.25) is 0 Å². The van der Waals surface area contributed by atoms with Crippen LogP contribution >= 0.6 is 0 Å². The Bertz CT molecular complexity index is 340. The highest BCUT2D eigenvalue weighted by Gasteiger charge is 2.21. The lowest BCUT2D eigenvalue weighted by atomic mass is 10.0. The minimum atomic E-state index is 0.0206. The summed E-state index contributed by atoms with van der Waals surface area (Å²) in [6.45, 7) is 2.48. The van der Waals surface area contributed by atoms with Crippen LogP contribution in [0.3, 0.4) is 0 Å². The van der Waals surface area contributed by atoms with Gasteiger partial charge in [-0.2, -0.15) is 0 Å². The van der Waals surface area contributed by atoms with E-state index in [1.165, 1.54) is 5.56 Å². The van der Waals surface area contributed by atoms with Gasteiger partial charge >= 0.3 is 0 Å². The molecule has 16 heavy (non-hydrogen) atoms. The molecule has 0 aromatic heterocycles. The van der Waals surface area contributed by atoms with Gasteiger partial charge in [-0.05, 0) is 26.6 Å². The van der Waals surface area contributed by atoms with Crippen molar-refractivity contribution in [3.63, 3.8) is 0 Å². The van der Waals surface area contributed by atoms with E-state index >= 15 is 0 Å². The maximum absolute atomic E-state index is 5.72. The molecule has 0 aliphatic rings. The fraction of sp³-hybridized carbons (Fsp3) is 0.429. The van der Waals surface area contributed by atoms with Gasteiger partial charge in [-0.25, -0.2) is 0 Å². The largest absolute Gasteiger partial charge is 0.359 e. The third-order valence-corrected chi connectivity index (χ3v) is 2.73. The van der Waals surface area contributed by atoms with Crippen LogP contribution in [0.2, 0.25) is 0 Å². The highest BCUT2D eigenvalue weighted by Crippen LogP contribution is 2.23. The standard InChI is InChI=1S/C14H19NO/c1-5-11-16-14(12(2)15(3)4)13-9-7-6-8-10-13/h1,6-10,12,14H,11H2,2-4H3/t12-,14-/m0/s1. The van der Waals surface area contributed by atoms with Crippen LogP contribution in [0.25, 0.3) is 0 Å². The summed E-state index contributed by atoms with van der Waals surface area (Å²) in [7, 11) is 4.08. The SMILES string of the molecule is C#CCO[C@H](c1ccccc1)[C@H](C)N(C)C. The molecule has 0 heterocycles. The van der Waals surface area contributed by atoms with E-state index in [0.29, 0.717) is 6.61 Å². The van der Waals surface area contributed by atoms with Crippen molar-refractivity contribution >= 4 is 0 Å². The smallest absolute Gasteiger partial charge is 0.108 e. The van der Waals surface area contributed by atoms with Crippen molar-refractivity contribution in [2.45, 2.75) is 19.1 Å². The molecule has 1 rings (SSSR count). The molecule has 1 aromatic rings. The Kier molecular flexibility index (Phi) is 5.04. The second-order valence-corrected chi connectivity index (χ2v) is 4.05. The first-order chi connectivity index (χ1) is 7.66. The summed E-state index contributed by atoms with van der Waals surface area (Å²) in [5.41, 5.74) is 1.17. The van der Waals surface area contributed by atoms with E-state index in [9.17, 15) is 0 Å². The summed E-state index contributed by atoms with van der Waals surface area (Å²) in [5.74, 6) is 2.52. The molecule has 0 bridgehead atoms. The average Bonchev–Trinajstić information content (AvgIpc) is 2.30. The molecule has 0 unspecified atom stereocenters. The minimum Gasteiger partial charge on any atom is -0.359 e.